The molecule has 55 valence electrons. The summed E-state index contributed by atoms with van der Waals surface area (Å²) in [7, 11) is 3.38. The minimum absolute atomic E-state index is 0.208. The molecule has 1 N–H and O–H groups in total. The summed E-state index contributed by atoms with van der Waals surface area (Å²) in [5.41, 5.74) is 0. The molecule has 0 heterocycles. The van der Waals surface area contributed by atoms with Gasteiger partial charge in [-0.3, -0.25) is 4.79 Å². The van der Waals surface area contributed by atoms with Gasteiger partial charge in [0.05, 0.1) is 0 Å². The van der Waals surface area contributed by atoms with Gasteiger partial charge in [0.15, 0.2) is 0 Å². The van der Waals surface area contributed by atoms with E-state index >= 15 is 0 Å². The number of carbonyl (C=O) groups is 1. The first-order valence-corrected chi connectivity index (χ1v) is 2.70. The molecule has 3 heteroatoms. The molecule has 9 heavy (non-hydrogen) atoms. The monoisotopic (exact) mass is 132 g/mol. The van der Waals surface area contributed by atoms with Crippen LogP contribution in [0.15, 0.2) is 0 Å². The molecule has 1 amide bonds. The molecule has 1 radical (unpaired) electrons. The standard InChI is InChI=1S/C3H7NO.C3H7O/c1-4(2)3-5;1-2-3-4/h3H,1-2H3;4H,1-3H2. The predicted molar refractivity (Wildman–Crippen MR) is 36.8 cm³/mol. The Morgan fingerprint density at radius 3 is 1.89 bits per heavy atom. The van der Waals surface area contributed by atoms with Crippen LogP contribution < -0.4 is 0 Å². The van der Waals surface area contributed by atoms with Crippen LogP contribution in [0.25, 0.3) is 0 Å². The zero-order valence-corrected chi connectivity index (χ0v) is 6.00. The molecule has 0 aromatic rings. The summed E-state index contributed by atoms with van der Waals surface area (Å²) in [6, 6.07) is 0. The van der Waals surface area contributed by atoms with E-state index in [1.165, 1.54) is 4.90 Å². The fourth-order valence-corrected chi connectivity index (χ4v) is 0. The third-order valence-electron chi connectivity index (χ3n) is 0.369. The Morgan fingerprint density at radius 2 is 1.89 bits per heavy atom. The second-order valence-corrected chi connectivity index (χ2v) is 1.65. The van der Waals surface area contributed by atoms with Gasteiger partial charge in [-0.1, -0.05) is 6.92 Å². The summed E-state index contributed by atoms with van der Waals surface area (Å²) in [6.45, 7) is 3.56. The highest BCUT2D eigenvalue weighted by atomic mass is 16.2. The Morgan fingerprint density at radius 1 is 1.67 bits per heavy atom. The minimum atomic E-state index is 0.208. The van der Waals surface area contributed by atoms with E-state index in [2.05, 4.69) is 6.92 Å². The van der Waals surface area contributed by atoms with E-state index in [4.69, 9.17) is 5.11 Å². The van der Waals surface area contributed by atoms with Crippen molar-refractivity contribution in [1.29, 1.82) is 0 Å². The highest BCUT2D eigenvalue weighted by molar-refractivity contribution is 5.45. The van der Waals surface area contributed by atoms with Crippen LogP contribution in [0.4, 0.5) is 0 Å². The second kappa shape index (κ2) is 10.4. The van der Waals surface area contributed by atoms with Crippen molar-refractivity contribution < 1.29 is 9.90 Å². The molecule has 3 nitrogen and oxygen atoms in total. The van der Waals surface area contributed by atoms with Crippen LogP contribution in [-0.2, 0) is 4.79 Å². The summed E-state index contributed by atoms with van der Waals surface area (Å²) in [6.07, 6.45) is 1.38. The molecule has 0 spiro atoms. The van der Waals surface area contributed by atoms with Crippen LogP contribution in [-0.4, -0.2) is 37.1 Å². The Kier molecular flexibility index (Phi) is 13.0. The number of aliphatic hydroxyl groups excluding tert-OH is 1. The van der Waals surface area contributed by atoms with E-state index in [9.17, 15) is 4.79 Å². The van der Waals surface area contributed by atoms with Gasteiger partial charge in [0.1, 0.15) is 0 Å². The zero-order chi connectivity index (χ0) is 7.70. The number of carbonyl (C=O) groups excluding carboxylic acids is 1. The number of hydrogen-bond acceptors (Lipinski definition) is 2. The van der Waals surface area contributed by atoms with Crippen molar-refractivity contribution in [3.63, 3.8) is 0 Å². The molecule has 0 unspecified atom stereocenters. The number of hydrogen-bond donors (Lipinski definition) is 1. The molecule has 0 aliphatic heterocycles. The molecular weight excluding hydrogens is 118 g/mol. The Labute approximate surface area is 56.3 Å². The van der Waals surface area contributed by atoms with Crippen molar-refractivity contribution in [2.75, 3.05) is 20.7 Å². The lowest BCUT2D eigenvalue weighted by Gasteiger charge is -1.93. The van der Waals surface area contributed by atoms with Gasteiger partial charge in [-0.25, -0.2) is 0 Å². The summed E-state index contributed by atoms with van der Waals surface area (Å²) in [5, 5.41) is 7.81. The lowest BCUT2D eigenvalue weighted by atomic mass is 10.5. The van der Waals surface area contributed by atoms with Crippen molar-refractivity contribution in [3.05, 3.63) is 6.92 Å². The molecular formula is C6H14NO2. The first-order chi connectivity index (χ1) is 4.18. The molecule has 0 bridgehead atoms. The van der Waals surface area contributed by atoms with Gasteiger partial charge >= 0.3 is 0 Å². The lowest BCUT2D eigenvalue weighted by molar-refractivity contribution is -0.115. The predicted octanol–water partition coefficient (Wildman–Crippen LogP) is -0.0927. The molecule has 0 saturated carbocycles. The molecule has 0 rings (SSSR count). The molecule has 0 atom stereocenters. The third kappa shape index (κ3) is 37.1. The summed E-state index contributed by atoms with van der Waals surface area (Å²) < 4.78 is 0. The first kappa shape index (κ1) is 11.3. The van der Waals surface area contributed by atoms with Crippen molar-refractivity contribution in [2.24, 2.45) is 0 Å². The Bertz CT molecular complexity index is 53.0. The normalized spacial score (nSPS) is 7.11. The van der Waals surface area contributed by atoms with Gasteiger partial charge in [-0.05, 0) is 6.42 Å². The summed E-state index contributed by atoms with van der Waals surface area (Å²) in [4.78, 5) is 10.9. The smallest absolute Gasteiger partial charge is 0.209 e. The maximum atomic E-state index is 9.43. The van der Waals surface area contributed by atoms with E-state index in [1.807, 2.05) is 0 Å². The fourth-order valence-electron chi connectivity index (χ4n) is 0. The maximum absolute atomic E-state index is 9.43. The van der Waals surface area contributed by atoms with Gasteiger partial charge in [-0.2, -0.15) is 0 Å². The van der Waals surface area contributed by atoms with Crippen molar-refractivity contribution in [1.82, 2.24) is 4.90 Å². The number of aliphatic hydroxyl groups is 1. The molecule has 0 aromatic heterocycles. The maximum Gasteiger partial charge on any atom is 0.209 e. The van der Waals surface area contributed by atoms with Crippen molar-refractivity contribution in [2.45, 2.75) is 6.42 Å². The van der Waals surface area contributed by atoms with Gasteiger partial charge < -0.3 is 10.0 Å². The summed E-state index contributed by atoms with van der Waals surface area (Å²) >= 11 is 0. The van der Waals surface area contributed by atoms with Crippen LogP contribution >= 0.6 is 0 Å². The highest BCUT2D eigenvalue weighted by Crippen LogP contribution is 1.60. The van der Waals surface area contributed by atoms with Crippen LogP contribution in [0.3, 0.4) is 0 Å². The zero-order valence-electron chi connectivity index (χ0n) is 6.00. The quantitative estimate of drug-likeness (QED) is 0.533. The number of rotatable bonds is 2. The average Bonchev–Trinajstić information content (AvgIpc) is 1.89. The number of nitrogens with zero attached hydrogens (tertiary/aromatic N) is 1. The van der Waals surface area contributed by atoms with Gasteiger partial charge in [-0.15, -0.1) is 0 Å². The molecule has 0 aliphatic rings. The van der Waals surface area contributed by atoms with Crippen LogP contribution in [0.5, 0.6) is 0 Å². The van der Waals surface area contributed by atoms with Gasteiger partial charge in [0, 0.05) is 20.7 Å². The lowest BCUT2D eigenvalue weighted by Crippen LogP contribution is -2.06. The van der Waals surface area contributed by atoms with E-state index < -0.39 is 0 Å². The van der Waals surface area contributed by atoms with E-state index in [0.29, 0.717) is 6.42 Å². The Hall–Kier alpha value is -0.570. The fraction of sp³-hybridized carbons (Fsp3) is 0.667. The minimum Gasteiger partial charge on any atom is -0.396 e. The van der Waals surface area contributed by atoms with Crippen molar-refractivity contribution >= 4 is 6.41 Å². The number of amides is 1. The van der Waals surface area contributed by atoms with Gasteiger partial charge in [0.2, 0.25) is 6.41 Å². The van der Waals surface area contributed by atoms with Crippen LogP contribution in [0.2, 0.25) is 0 Å². The molecule has 0 saturated heterocycles. The van der Waals surface area contributed by atoms with Gasteiger partial charge in [0.25, 0.3) is 0 Å². The van der Waals surface area contributed by atoms with Crippen LogP contribution in [0, 0.1) is 6.92 Å². The molecule has 0 aromatic carbocycles. The van der Waals surface area contributed by atoms with Crippen molar-refractivity contribution in [3.8, 4) is 0 Å². The summed E-state index contributed by atoms with van der Waals surface area (Å²) in [5.74, 6) is 0. The highest BCUT2D eigenvalue weighted by Gasteiger charge is 1.68. The Balaban J connectivity index is 0. The average molecular weight is 132 g/mol. The molecule has 0 fully saturated rings. The van der Waals surface area contributed by atoms with Crippen LogP contribution in [0.1, 0.15) is 6.42 Å². The largest absolute Gasteiger partial charge is 0.396 e. The topological polar surface area (TPSA) is 40.5 Å². The molecule has 0 aliphatic carbocycles. The third-order valence-corrected chi connectivity index (χ3v) is 0.369. The second-order valence-electron chi connectivity index (χ2n) is 1.65. The SMILES string of the molecule is CN(C)C=O.[CH2]CCO. The van der Waals surface area contributed by atoms with E-state index in [-0.39, 0.29) is 6.61 Å². The first-order valence-electron chi connectivity index (χ1n) is 2.70. The van der Waals surface area contributed by atoms with E-state index in [1.54, 1.807) is 14.1 Å². The van der Waals surface area contributed by atoms with E-state index in [0.717, 1.165) is 6.41 Å².